The molecule has 1 aliphatic rings. The molecule has 0 fully saturated rings. The minimum absolute atomic E-state index is 0.242. The molecule has 2 rings (SSSR count). The van der Waals surface area contributed by atoms with Crippen LogP contribution in [0, 0.1) is 0 Å². The molecule has 2 N–H and O–H groups in total. The van der Waals surface area contributed by atoms with Gasteiger partial charge in [0.15, 0.2) is 0 Å². The van der Waals surface area contributed by atoms with E-state index in [9.17, 15) is 14.7 Å². The zero-order chi connectivity index (χ0) is 14.7. The fourth-order valence-electron chi connectivity index (χ4n) is 2.30. The fourth-order valence-corrected chi connectivity index (χ4v) is 2.44. The Morgan fingerprint density at radius 1 is 1.45 bits per heavy atom. The summed E-state index contributed by atoms with van der Waals surface area (Å²) in [5.41, 5.74) is 1.66. The van der Waals surface area contributed by atoms with E-state index in [0.29, 0.717) is 29.7 Å². The average molecular weight is 339 g/mol. The predicted octanol–water partition coefficient (Wildman–Crippen LogP) is 2.76. The molecule has 0 radical (unpaired) electrons. The highest BCUT2D eigenvalue weighted by Crippen LogP contribution is 2.30. The molecule has 6 heteroatoms. The zero-order valence-electron chi connectivity index (χ0n) is 10.9. The Hall–Kier alpha value is -1.82. The van der Waals surface area contributed by atoms with E-state index in [4.69, 9.17) is 0 Å². The summed E-state index contributed by atoms with van der Waals surface area (Å²) in [7, 11) is 0. The van der Waals surface area contributed by atoms with Gasteiger partial charge in [-0.15, -0.1) is 0 Å². The molecular weight excluding hydrogens is 324 g/mol. The van der Waals surface area contributed by atoms with Crippen LogP contribution in [0.4, 0.5) is 10.5 Å². The van der Waals surface area contributed by atoms with Crippen molar-refractivity contribution in [2.45, 2.75) is 12.8 Å². The van der Waals surface area contributed by atoms with E-state index >= 15 is 0 Å². The summed E-state index contributed by atoms with van der Waals surface area (Å²) in [5.74, 6) is -0.960. The van der Waals surface area contributed by atoms with Crippen molar-refractivity contribution in [3.8, 4) is 0 Å². The number of carbonyl (C=O) groups is 2. The van der Waals surface area contributed by atoms with Crippen molar-refractivity contribution in [3.05, 3.63) is 40.4 Å². The second-order valence-corrected chi connectivity index (χ2v) is 5.66. The molecule has 1 heterocycles. The van der Waals surface area contributed by atoms with E-state index in [-0.39, 0.29) is 11.6 Å². The van der Waals surface area contributed by atoms with Gasteiger partial charge in [0.25, 0.3) is 0 Å². The van der Waals surface area contributed by atoms with Gasteiger partial charge in [-0.2, -0.15) is 0 Å². The molecule has 1 aromatic carbocycles. The van der Waals surface area contributed by atoms with Crippen LogP contribution in [0.5, 0.6) is 0 Å². The van der Waals surface area contributed by atoms with Crippen LogP contribution >= 0.6 is 15.9 Å². The molecule has 2 amide bonds. The van der Waals surface area contributed by atoms with Crippen LogP contribution in [-0.4, -0.2) is 30.2 Å². The van der Waals surface area contributed by atoms with Gasteiger partial charge in [0.1, 0.15) is 0 Å². The molecule has 0 unspecified atom stereocenters. The number of fused-ring (bicyclic) bond motifs is 1. The van der Waals surface area contributed by atoms with E-state index in [0.717, 1.165) is 12.0 Å². The fraction of sp³-hybridized carbons (Fsp3) is 0.286. The van der Waals surface area contributed by atoms with Gasteiger partial charge < -0.3 is 10.4 Å². The molecule has 0 spiro atoms. The quantitative estimate of drug-likeness (QED) is 0.890. The monoisotopic (exact) mass is 338 g/mol. The highest BCUT2D eigenvalue weighted by Gasteiger charge is 2.25. The van der Waals surface area contributed by atoms with Gasteiger partial charge in [-0.25, -0.2) is 9.59 Å². The summed E-state index contributed by atoms with van der Waals surface area (Å²) in [6.45, 7) is 4.58. The lowest BCUT2D eigenvalue weighted by molar-refractivity contribution is 0.0695. The number of hydrogen-bond acceptors (Lipinski definition) is 2. The Kier molecular flexibility index (Phi) is 4.44. The molecule has 106 valence electrons. The maximum atomic E-state index is 12.2. The minimum Gasteiger partial charge on any atom is -0.478 e. The van der Waals surface area contributed by atoms with Gasteiger partial charge >= 0.3 is 12.0 Å². The van der Waals surface area contributed by atoms with Crippen molar-refractivity contribution in [2.24, 2.45) is 0 Å². The molecule has 0 atom stereocenters. The number of carboxylic acid groups (broad SMARTS) is 1. The molecule has 20 heavy (non-hydrogen) atoms. The van der Waals surface area contributed by atoms with Crippen LogP contribution in [-0.2, 0) is 6.42 Å². The first-order valence-electron chi connectivity index (χ1n) is 6.24. The maximum Gasteiger partial charge on any atom is 0.336 e. The molecule has 0 aliphatic carbocycles. The van der Waals surface area contributed by atoms with Gasteiger partial charge in [-0.1, -0.05) is 28.6 Å². The van der Waals surface area contributed by atoms with Crippen LogP contribution in [0.3, 0.4) is 0 Å². The third-order valence-corrected chi connectivity index (χ3v) is 3.44. The molecule has 0 aromatic heterocycles. The van der Waals surface area contributed by atoms with Crippen LogP contribution < -0.4 is 10.2 Å². The maximum absolute atomic E-state index is 12.2. The number of nitrogens with one attached hydrogen (secondary N) is 1. The number of anilines is 1. The third kappa shape index (κ3) is 3.01. The summed E-state index contributed by atoms with van der Waals surface area (Å²) in [6, 6.07) is 4.78. The number of halogens is 1. The molecule has 1 aliphatic heterocycles. The topological polar surface area (TPSA) is 69.6 Å². The molecule has 0 bridgehead atoms. The minimum atomic E-state index is -0.960. The van der Waals surface area contributed by atoms with E-state index in [1.54, 1.807) is 23.1 Å². The Balaban J connectivity index is 2.29. The van der Waals surface area contributed by atoms with Gasteiger partial charge in [-0.05, 0) is 30.5 Å². The zero-order valence-corrected chi connectivity index (χ0v) is 12.4. The molecule has 0 saturated carbocycles. The first-order chi connectivity index (χ1) is 9.50. The molecule has 1 aromatic rings. The van der Waals surface area contributed by atoms with E-state index < -0.39 is 5.97 Å². The summed E-state index contributed by atoms with van der Waals surface area (Å²) < 4.78 is 0.683. The van der Waals surface area contributed by atoms with Crippen molar-refractivity contribution in [2.75, 3.05) is 18.0 Å². The van der Waals surface area contributed by atoms with E-state index in [1.807, 2.05) is 0 Å². The summed E-state index contributed by atoms with van der Waals surface area (Å²) in [5, 5.41) is 11.9. The SMILES string of the molecule is C=C(Br)CNC(=O)N1CCCc2c(C(=O)O)cccc21. The number of amides is 2. The van der Waals surface area contributed by atoms with Crippen molar-refractivity contribution >= 4 is 33.6 Å². The number of carbonyl (C=O) groups excluding carboxylic acids is 1. The van der Waals surface area contributed by atoms with Crippen molar-refractivity contribution in [1.82, 2.24) is 5.32 Å². The van der Waals surface area contributed by atoms with E-state index in [1.165, 1.54) is 0 Å². The first kappa shape index (κ1) is 14.6. The highest BCUT2D eigenvalue weighted by molar-refractivity contribution is 9.11. The molecule has 5 nitrogen and oxygen atoms in total. The number of hydrogen-bond donors (Lipinski definition) is 2. The number of nitrogens with zero attached hydrogens (tertiary/aromatic N) is 1. The predicted molar refractivity (Wildman–Crippen MR) is 80.5 cm³/mol. The summed E-state index contributed by atoms with van der Waals surface area (Å²) >= 11 is 3.18. The van der Waals surface area contributed by atoms with Gasteiger partial charge in [0.2, 0.25) is 0 Å². The highest BCUT2D eigenvalue weighted by atomic mass is 79.9. The number of urea groups is 1. The van der Waals surface area contributed by atoms with Crippen LogP contribution in [0.25, 0.3) is 0 Å². The molecule has 0 saturated heterocycles. The lowest BCUT2D eigenvalue weighted by atomic mass is 9.96. The standard InChI is InChI=1S/C14H15BrN2O3/c1-9(15)8-16-14(20)17-7-3-5-10-11(13(18)19)4-2-6-12(10)17/h2,4,6H,1,3,5,7-8H2,(H,16,20)(H,18,19). The largest absolute Gasteiger partial charge is 0.478 e. The lowest BCUT2D eigenvalue weighted by Gasteiger charge is -2.30. The van der Waals surface area contributed by atoms with Crippen LogP contribution in [0.1, 0.15) is 22.3 Å². The second-order valence-electron chi connectivity index (χ2n) is 4.54. The lowest BCUT2D eigenvalue weighted by Crippen LogP contribution is -2.43. The second kappa shape index (κ2) is 6.09. The smallest absolute Gasteiger partial charge is 0.336 e. The molecular formula is C14H15BrN2O3. The first-order valence-corrected chi connectivity index (χ1v) is 7.04. The number of aromatic carboxylic acids is 1. The normalized spacial score (nSPS) is 13.6. The van der Waals surface area contributed by atoms with Gasteiger partial charge in [0, 0.05) is 16.7 Å². The summed E-state index contributed by atoms with van der Waals surface area (Å²) in [4.78, 5) is 25.0. The third-order valence-electron chi connectivity index (χ3n) is 3.16. The number of carboxylic acids is 1. The van der Waals surface area contributed by atoms with Crippen LogP contribution in [0.15, 0.2) is 29.3 Å². The van der Waals surface area contributed by atoms with Gasteiger partial charge in [-0.3, -0.25) is 4.90 Å². The Bertz CT molecular complexity index is 572. The van der Waals surface area contributed by atoms with E-state index in [2.05, 4.69) is 27.8 Å². The Labute approximate surface area is 125 Å². The van der Waals surface area contributed by atoms with Crippen LogP contribution in [0.2, 0.25) is 0 Å². The summed E-state index contributed by atoms with van der Waals surface area (Å²) in [6.07, 6.45) is 1.42. The number of benzene rings is 1. The average Bonchev–Trinajstić information content (AvgIpc) is 2.43. The van der Waals surface area contributed by atoms with Crippen molar-refractivity contribution in [3.63, 3.8) is 0 Å². The van der Waals surface area contributed by atoms with Crippen molar-refractivity contribution in [1.29, 1.82) is 0 Å². The number of rotatable bonds is 3. The Morgan fingerprint density at radius 2 is 2.20 bits per heavy atom. The Morgan fingerprint density at radius 3 is 2.85 bits per heavy atom. The van der Waals surface area contributed by atoms with Gasteiger partial charge in [0.05, 0.1) is 12.1 Å². The van der Waals surface area contributed by atoms with Crippen molar-refractivity contribution < 1.29 is 14.7 Å².